The largest absolute Gasteiger partial charge is 0.493 e. The normalized spacial score (nSPS) is 28.0. The Hall–Kier alpha value is -3.07. The maximum Gasteiger partial charge on any atom is 0.345 e. The predicted molar refractivity (Wildman–Crippen MR) is 123 cm³/mol. The van der Waals surface area contributed by atoms with Crippen LogP contribution in [0.2, 0.25) is 0 Å². The molecule has 1 aromatic rings. The first-order valence-electron chi connectivity index (χ1n) is 12.0. The molecular weight excluding hydrogens is 456 g/mol. The van der Waals surface area contributed by atoms with E-state index in [1.54, 1.807) is 13.2 Å². The number of fused-ring (bicyclic) bond motifs is 4. The molecular formula is C26H32O9. The van der Waals surface area contributed by atoms with Crippen molar-refractivity contribution in [1.29, 1.82) is 0 Å². The number of ether oxygens (including phenoxy) is 4. The van der Waals surface area contributed by atoms with E-state index in [9.17, 15) is 24.6 Å². The predicted octanol–water partition coefficient (Wildman–Crippen LogP) is 2.95. The molecule has 1 unspecified atom stereocenters. The maximum absolute atomic E-state index is 12.6. The molecule has 4 rings (SSSR count). The molecule has 0 fully saturated rings. The van der Waals surface area contributed by atoms with Gasteiger partial charge in [-0.1, -0.05) is 19.4 Å². The van der Waals surface area contributed by atoms with E-state index in [1.807, 2.05) is 12.1 Å². The standard InChI is InChI=1S/C26H32O9/c1-14-5-4-6-17-16-7-8-20(32-3)24(17)35-22-13-26(31,18(14)11-16)10-9-19(22)34-23(28)12-21(25(29)30)33-15(2)27/h7-9,14,18,21-22,31H,4-6,10-13H2,1-3H3,(H,29,30)/t14?,18-,21-,22+,26-/m0/s1. The molecule has 1 heterocycles. The Balaban J connectivity index is 1.67. The van der Waals surface area contributed by atoms with Crippen molar-refractivity contribution in [2.75, 3.05) is 7.11 Å². The Labute approximate surface area is 204 Å². The zero-order valence-electron chi connectivity index (χ0n) is 20.2. The van der Waals surface area contributed by atoms with Crippen molar-refractivity contribution in [2.24, 2.45) is 11.8 Å². The lowest BCUT2D eigenvalue weighted by Crippen LogP contribution is -2.48. The van der Waals surface area contributed by atoms with Crippen molar-refractivity contribution in [3.8, 4) is 11.5 Å². The first-order chi connectivity index (χ1) is 16.6. The van der Waals surface area contributed by atoms with E-state index in [-0.39, 0.29) is 30.4 Å². The smallest absolute Gasteiger partial charge is 0.345 e. The number of rotatable bonds is 6. The van der Waals surface area contributed by atoms with E-state index in [2.05, 4.69) is 6.92 Å². The highest BCUT2D eigenvalue weighted by Crippen LogP contribution is 2.48. The van der Waals surface area contributed by atoms with Crippen LogP contribution >= 0.6 is 0 Å². The molecule has 0 amide bonds. The molecule has 0 spiro atoms. The highest BCUT2D eigenvalue weighted by molar-refractivity contribution is 5.83. The van der Waals surface area contributed by atoms with Crippen LogP contribution in [-0.4, -0.2) is 53.0 Å². The molecule has 9 nitrogen and oxygen atoms in total. The fourth-order valence-corrected chi connectivity index (χ4v) is 5.63. The van der Waals surface area contributed by atoms with Crippen molar-refractivity contribution in [2.45, 2.75) is 76.6 Å². The van der Waals surface area contributed by atoms with E-state index in [1.165, 1.54) is 0 Å². The van der Waals surface area contributed by atoms with Crippen molar-refractivity contribution in [3.05, 3.63) is 35.1 Å². The Kier molecular flexibility index (Phi) is 7.07. The summed E-state index contributed by atoms with van der Waals surface area (Å²) >= 11 is 0. The Morgan fingerprint density at radius 2 is 2.06 bits per heavy atom. The summed E-state index contributed by atoms with van der Waals surface area (Å²) in [5.74, 6) is -1.49. The van der Waals surface area contributed by atoms with Crippen LogP contribution in [0.5, 0.6) is 11.5 Å². The van der Waals surface area contributed by atoms with Crippen LogP contribution < -0.4 is 9.47 Å². The molecule has 5 atom stereocenters. The molecule has 0 radical (unpaired) electrons. The van der Waals surface area contributed by atoms with Crippen LogP contribution in [0, 0.1) is 11.8 Å². The van der Waals surface area contributed by atoms with Crippen molar-refractivity contribution < 1.29 is 43.5 Å². The zero-order valence-corrected chi connectivity index (χ0v) is 20.2. The molecule has 0 saturated carbocycles. The molecule has 190 valence electrons. The van der Waals surface area contributed by atoms with E-state index in [0.717, 1.165) is 37.3 Å². The number of esters is 2. The zero-order chi connectivity index (χ0) is 25.3. The first kappa shape index (κ1) is 25.0. The van der Waals surface area contributed by atoms with Crippen LogP contribution in [0.15, 0.2) is 24.0 Å². The third-order valence-electron chi connectivity index (χ3n) is 7.38. The van der Waals surface area contributed by atoms with Gasteiger partial charge in [0.05, 0.1) is 19.1 Å². The minimum atomic E-state index is -1.65. The van der Waals surface area contributed by atoms with Crippen LogP contribution in [0.3, 0.4) is 0 Å². The topological polar surface area (TPSA) is 129 Å². The molecule has 1 aliphatic heterocycles. The van der Waals surface area contributed by atoms with Gasteiger partial charge in [0.2, 0.25) is 6.10 Å². The molecule has 3 aliphatic rings. The first-order valence-corrected chi connectivity index (χ1v) is 12.0. The molecule has 1 aromatic carbocycles. The van der Waals surface area contributed by atoms with Gasteiger partial charge in [-0.3, -0.25) is 9.59 Å². The summed E-state index contributed by atoms with van der Waals surface area (Å²) in [5, 5.41) is 21.1. The number of hydrogen-bond donors (Lipinski definition) is 2. The fourth-order valence-electron chi connectivity index (χ4n) is 5.63. The number of hydrogen-bond acceptors (Lipinski definition) is 8. The summed E-state index contributed by atoms with van der Waals surface area (Å²) in [5.41, 5.74) is 1.11. The van der Waals surface area contributed by atoms with Gasteiger partial charge in [-0.2, -0.15) is 0 Å². The van der Waals surface area contributed by atoms with Gasteiger partial charge in [0.15, 0.2) is 17.6 Å². The van der Waals surface area contributed by atoms with Crippen LogP contribution in [0.4, 0.5) is 0 Å². The van der Waals surface area contributed by atoms with Crippen LogP contribution in [0.1, 0.15) is 57.1 Å². The number of carboxylic acids is 1. The molecule has 35 heavy (non-hydrogen) atoms. The third-order valence-corrected chi connectivity index (χ3v) is 7.38. The average Bonchev–Trinajstić information content (AvgIpc) is 2.79. The Morgan fingerprint density at radius 3 is 2.74 bits per heavy atom. The van der Waals surface area contributed by atoms with Crippen molar-refractivity contribution in [3.63, 3.8) is 0 Å². The fraction of sp³-hybridized carbons (Fsp3) is 0.577. The number of methoxy groups -OCH3 is 1. The summed E-state index contributed by atoms with van der Waals surface area (Å²) < 4.78 is 22.3. The minimum absolute atomic E-state index is 0.0131. The van der Waals surface area contributed by atoms with Crippen LogP contribution in [-0.2, 0) is 36.7 Å². The average molecular weight is 489 g/mol. The summed E-state index contributed by atoms with van der Waals surface area (Å²) in [7, 11) is 1.57. The second-order valence-electron chi connectivity index (χ2n) is 9.75. The summed E-state index contributed by atoms with van der Waals surface area (Å²) in [4.78, 5) is 35.2. The van der Waals surface area contributed by atoms with Gasteiger partial charge in [0.25, 0.3) is 0 Å². The second kappa shape index (κ2) is 9.89. The minimum Gasteiger partial charge on any atom is -0.493 e. The van der Waals surface area contributed by atoms with E-state index in [4.69, 9.17) is 18.9 Å². The molecule has 2 N–H and O–H groups in total. The van der Waals surface area contributed by atoms with Gasteiger partial charge >= 0.3 is 17.9 Å². The Bertz CT molecular complexity index is 1050. The van der Waals surface area contributed by atoms with Gasteiger partial charge in [0, 0.05) is 18.9 Å². The van der Waals surface area contributed by atoms with Gasteiger partial charge in [-0.15, -0.1) is 0 Å². The van der Waals surface area contributed by atoms with E-state index in [0.29, 0.717) is 17.9 Å². The van der Waals surface area contributed by atoms with E-state index < -0.39 is 42.1 Å². The van der Waals surface area contributed by atoms with Crippen molar-refractivity contribution in [1.82, 2.24) is 0 Å². The lowest BCUT2D eigenvalue weighted by Gasteiger charge is -2.43. The third kappa shape index (κ3) is 5.15. The highest BCUT2D eigenvalue weighted by atomic mass is 16.6. The summed E-state index contributed by atoms with van der Waals surface area (Å²) in [6.07, 6.45) is 2.54. The highest BCUT2D eigenvalue weighted by Gasteiger charge is 2.47. The maximum atomic E-state index is 12.6. The van der Waals surface area contributed by atoms with Gasteiger partial charge in [-0.05, 0) is 55.2 Å². The summed E-state index contributed by atoms with van der Waals surface area (Å²) in [6, 6.07) is 3.91. The quantitative estimate of drug-likeness (QED) is 0.581. The number of carbonyl (C=O) groups is 3. The molecule has 0 aromatic heterocycles. The van der Waals surface area contributed by atoms with Gasteiger partial charge in [0.1, 0.15) is 5.76 Å². The number of benzene rings is 1. The number of carboxylic acid groups (broad SMARTS) is 1. The molecule has 6 bridgehead atoms. The second-order valence-corrected chi connectivity index (χ2v) is 9.75. The lowest BCUT2D eigenvalue weighted by atomic mass is 9.67. The number of carbonyl (C=O) groups excluding carboxylic acids is 2. The Morgan fingerprint density at radius 1 is 1.29 bits per heavy atom. The molecule has 0 saturated heterocycles. The summed E-state index contributed by atoms with van der Waals surface area (Å²) in [6.45, 7) is 3.24. The van der Waals surface area contributed by atoms with Crippen LogP contribution in [0.25, 0.3) is 0 Å². The lowest BCUT2D eigenvalue weighted by molar-refractivity contribution is -0.166. The van der Waals surface area contributed by atoms with E-state index >= 15 is 0 Å². The van der Waals surface area contributed by atoms with Crippen molar-refractivity contribution >= 4 is 17.9 Å². The molecule has 9 heteroatoms. The SMILES string of the molecule is COc1ccc2c3c1O[C@@H]1C[C@@](O)(CC=C1OC(=O)C[C@H](OC(C)=O)C(=O)O)[C@@H](C2)C(C)CCC3. The number of aliphatic carboxylic acids is 1. The van der Waals surface area contributed by atoms with Gasteiger partial charge in [-0.25, -0.2) is 4.79 Å². The molecule has 2 aliphatic carbocycles. The monoisotopic (exact) mass is 488 g/mol. The number of aliphatic hydroxyl groups is 1. The van der Waals surface area contributed by atoms with Gasteiger partial charge < -0.3 is 29.2 Å².